The Morgan fingerprint density at radius 1 is 1.29 bits per heavy atom. The predicted molar refractivity (Wildman–Crippen MR) is 61.9 cm³/mol. The molecule has 0 saturated heterocycles. The fraction of sp³-hybridized carbons (Fsp3) is 0.545. The average molecular weight is 312 g/mol. The zero-order valence-corrected chi connectivity index (χ0v) is 11.3. The Labute approximate surface area is 106 Å². The molecule has 1 aromatic rings. The fourth-order valence-corrected chi connectivity index (χ4v) is 1.45. The van der Waals surface area contributed by atoms with Crippen molar-refractivity contribution in [3.8, 4) is 5.88 Å². The molecule has 0 aliphatic rings. The topological polar surface area (TPSA) is 22.1 Å². The van der Waals surface area contributed by atoms with Crippen LogP contribution in [-0.4, -0.2) is 11.6 Å². The van der Waals surface area contributed by atoms with Gasteiger partial charge in [0.05, 0.1) is 12.2 Å². The van der Waals surface area contributed by atoms with E-state index in [1.54, 1.807) is 0 Å². The minimum atomic E-state index is -4.42. The molecule has 0 aliphatic carbocycles. The first-order valence-electron chi connectivity index (χ1n) is 4.95. The lowest BCUT2D eigenvalue weighted by Crippen LogP contribution is -2.17. The molecule has 0 amide bonds. The molecule has 0 spiro atoms. The molecule has 17 heavy (non-hydrogen) atoms. The van der Waals surface area contributed by atoms with E-state index in [1.165, 1.54) is 0 Å². The molecule has 0 fully saturated rings. The van der Waals surface area contributed by atoms with E-state index in [9.17, 15) is 13.2 Å². The third-order valence-electron chi connectivity index (χ3n) is 1.79. The SMILES string of the molecule is CC(C)(C)COc1cc(C(F)(F)F)c(Br)cn1. The van der Waals surface area contributed by atoms with Crippen LogP contribution in [-0.2, 0) is 6.18 Å². The summed E-state index contributed by atoms with van der Waals surface area (Å²) in [5, 5.41) is 0. The van der Waals surface area contributed by atoms with E-state index in [1.807, 2.05) is 20.8 Å². The van der Waals surface area contributed by atoms with Gasteiger partial charge in [-0.25, -0.2) is 4.98 Å². The van der Waals surface area contributed by atoms with Crippen LogP contribution in [0.25, 0.3) is 0 Å². The normalized spacial score (nSPS) is 12.6. The first-order valence-corrected chi connectivity index (χ1v) is 5.74. The van der Waals surface area contributed by atoms with Gasteiger partial charge in [-0.1, -0.05) is 20.8 Å². The van der Waals surface area contributed by atoms with Gasteiger partial charge in [-0.3, -0.25) is 0 Å². The van der Waals surface area contributed by atoms with Crippen LogP contribution in [0.1, 0.15) is 26.3 Å². The summed E-state index contributed by atoms with van der Waals surface area (Å²) in [6, 6.07) is 0.899. The first kappa shape index (κ1) is 14.3. The van der Waals surface area contributed by atoms with Gasteiger partial charge < -0.3 is 4.74 Å². The van der Waals surface area contributed by atoms with Crippen molar-refractivity contribution in [2.24, 2.45) is 5.41 Å². The molecule has 0 aromatic carbocycles. The van der Waals surface area contributed by atoms with Gasteiger partial charge in [-0.2, -0.15) is 13.2 Å². The zero-order chi connectivity index (χ0) is 13.3. The Morgan fingerprint density at radius 3 is 2.35 bits per heavy atom. The highest BCUT2D eigenvalue weighted by atomic mass is 79.9. The number of hydrogen-bond donors (Lipinski definition) is 0. The molecular weight excluding hydrogens is 299 g/mol. The summed E-state index contributed by atoms with van der Waals surface area (Å²) in [5.41, 5.74) is -0.913. The van der Waals surface area contributed by atoms with E-state index in [4.69, 9.17) is 4.74 Å². The molecule has 96 valence electrons. The van der Waals surface area contributed by atoms with Crippen molar-refractivity contribution in [3.63, 3.8) is 0 Å². The summed E-state index contributed by atoms with van der Waals surface area (Å²) in [6.45, 7) is 6.09. The second-order valence-corrected chi connectivity index (χ2v) is 5.70. The number of alkyl halides is 3. The second kappa shape index (κ2) is 4.84. The van der Waals surface area contributed by atoms with E-state index in [0.717, 1.165) is 12.3 Å². The van der Waals surface area contributed by atoms with Crippen LogP contribution in [0.2, 0.25) is 0 Å². The highest BCUT2D eigenvalue weighted by molar-refractivity contribution is 9.10. The lowest BCUT2D eigenvalue weighted by molar-refractivity contribution is -0.138. The monoisotopic (exact) mass is 311 g/mol. The largest absolute Gasteiger partial charge is 0.477 e. The molecule has 0 N–H and O–H groups in total. The predicted octanol–water partition coefficient (Wildman–Crippen LogP) is 4.29. The molecule has 1 heterocycles. The van der Waals surface area contributed by atoms with Gasteiger partial charge in [0.15, 0.2) is 0 Å². The van der Waals surface area contributed by atoms with Crippen LogP contribution >= 0.6 is 15.9 Å². The Bertz CT molecular complexity index is 399. The number of nitrogens with zero attached hydrogens (tertiary/aromatic N) is 1. The summed E-state index contributed by atoms with van der Waals surface area (Å²) in [6.07, 6.45) is -3.32. The van der Waals surface area contributed by atoms with E-state index >= 15 is 0 Å². The fourth-order valence-electron chi connectivity index (χ4n) is 1.01. The van der Waals surface area contributed by atoms with Crippen molar-refractivity contribution in [3.05, 3.63) is 22.3 Å². The summed E-state index contributed by atoms with van der Waals surface area (Å²) >= 11 is 2.82. The summed E-state index contributed by atoms with van der Waals surface area (Å²) in [7, 11) is 0. The summed E-state index contributed by atoms with van der Waals surface area (Å²) in [5.74, 6) is -0.0181. The molecule has 0 atom stereocenters. The van der Waals surface area contributed by atoms with Crippen LogP contribution in [0.4, 0.5) is 13.2 Å². The quantitative estimate of drug-likeness (QED) is 0.813. The minimum absolute atomic E-state index is 0.0181. The Hall–Kier alpha value is -0.780. The molecular formula is C11H13BrF3NO. The highest BCUT2D eigenvalue weighted by Crippen LogP contribution is 2.36. The number of pyridine rings is 1. The van der Waals surface area contributed by atoms with E-state index in [2.05, 4.69) is 20.9 Å². The standard InChI is InChI=1S/C11H13BrF3NO/c1-10(2,3)6-17-9-4-7(11(13,14)15)8(12)5-16-9/h4-5H,6H2,1-3H3. The maximum atomic E-state index is 12.6. The Morgan fingerprint density at radius 2 is 1.88 bits per heavy atom. The van der Waals surface area contributed by atoms with Crippen LogP contribution in [0.5, 0.6) is 5.88 Å². The van der Waals surface area contributed by atoms with E-state index in [-0.39, 0.29) is 15.8 Å². The van der Waals surface area contributed by atoms with Crippen molar-refractivity contribution in [1.29, 1.82) is 0 Å². The molecule has 2 nitrogen and oxygen atoms in total. The number of hydrogen-bond acceptors (Lipinski definition) is 2. The van der Waals surface area contributed by atoms with Gasteiger partial charge in [-0.15, -0.1) is 0 Å². The summed E-state index contributed by atoms with van der Waals surface area (Å²) in [4.78, 5) is 3.79. The van der Waals surface area contributed by atoms with Crippen molar-refractivity contribution in [2.45, 2.75) is 26.9 Å². The number of rotatable bonds is 2. The molecule has 0 saturated carbocycles. The number of aromatic nitrogens is 1. The second-order valence-electron chi connectivity index (χ2n) is 4.85. The van der Waals surface area contributed by atoms with Crippen molar-refractivity contribution in [1.82, 2.24) is 4.98 Å². The Balaban J connectivity index is 2.90. The van der Waals surface area contributed by atoms with Gasteiger partial charge in [0, 0.05) is 16.7 Å². The maximum absolute atomic E-state index is 12.6. The molecule has 0 radical (unpaired) electrons. The lowest BCUT2D eigenvalue weighted by Gasteiger charge is -2.19. The van der Waals surface area contributed by atoms with E-state index in [0.29, 0.717) is 6.61 Å². The van der Waals surface area contributed by atoms with Gasteiger partial charge in [-0.05, 0) is 21.3 Å². The maximum Gasteiger partial charge on any atom is 0.417 e. The van der Waals surface area contributed by atoms with Crippen LogP contribution in [0, 0.1) is 5.41 Å². The smallest absolute Gasteiger partial charge is 0.417 e. The number of ether oxygens (including phenoxy) is 1. The molecule has 0 aliphatic heterocycles. The van der Waals surface area contributed by atoms with Crippen LogP contribution in [0.15, 0.2) is 16.7 Å². The van der Waals surface area contributed by atoms with Gasteiger partial charge in [0.25, 0.3) is 0 Å². The molecule has 6 heteroatoms. The third kappa shape index (κ3) is 4.53. The summed E-state index contributed by atoms with van der Waals surface area (Å²) < 4.78 is 42.9. The molecule has 1 rings (SSSR count). The number of halogens is 4. The van der Waals surface area contributed by atoms with Gasteiger partial charge in [0.2, 0.25) is 5.88 Å². The third-order valence-corrected chi connectivity index (χ3v) is 2.42. The van der Waals surface area contributed by atoms with Gasteiger partial charge in [0.1, 0.15) is 0 Å². The minimum Gasteiger partial charge on any atom is -0.477 e. The van der Waals surface area contributed by atoms with Crippen LogP contribution in [0.3, 0.4) is 0 Å². The van der Waals surface area contributed by atoms with Gasteiger partial charge >= 0.3 is 6.18 Å². The van der Waals surface area contributed by atoms with Crippen molar-refractivity contribution >= 4 is 15.9 Å². The van der Waals surface area contributed by atoms with E-state index < -0.39 is 11.7 Å². The first-order chi connectivity index (χ1) is 7.59. The zero-order valence-electron chi connectivity index (χ0n) is 9.73. The van der Waals surface area contributed by atoms with Crippen molar-refractivity contribution < 1.29 is 17.9 Å². The lowest BCUT2D eigenvalue weighted by atomic mass is 9.99. The molecule has 0 unspecified atom stereocenters. The Kier molecular flexibility index (Phi) is 4.06. The average Bonchev–Trinajstić information content (AvgIpc) is 2.13. The molecule has 0 bridgehead atoms. The molecule has 1 aromatic heterocycles. The van der Waals surface area contributed by atoms with Crippen molar-refractivity contribution in [2.75, 3.05) is 6.61 Å². The highest BCUT2D eigenvalue weighted by Gasteiger charge is 2.33. The van der Waals surface area contributed by atoms with Crippen LogP contribution < -0.4 is 4.74 Å².